The molecule has 4 aliphatic rings. The lowest BCUT2D eigenvalue weighted by atomic mass is 9.87. The first-order valence-electron chi connectivity index (χ1n) is 8.83. The molecule has 2 aliphatic heterocycles. The zero-order chi connectivity index (χ0) is 16.7. The molecule has 6 nitrogen and oxygen atoms in total. The highest BCUT2D eigenvalue weighted by molar-refractivity contribution is 4.94. The van der Waals surface area contributed by atoms with Crippen LogP contribution in [0.15, 0.2) is 0 Å². The van der Waals surface area contributed by atoms with Gasteiger partial charge in [-0.25, -0.2) is 0 Å². The maximum absolute atomic E-state index is 9.59. The monoisotopic (exact) mass is 330 g/mol. The highest BCUT2D eigenvalue weighted by Crippen LogP contribution is 2.55. The van der Waals surface area contributed by atoms with Gasteiger partial charge in [0, 0.05) is 0 Å². The first kappa shape index (κ1) is 17.6. The molecule has 2 saturated heterocycles. The Hall–Kier alpha value is -0.240. The van der Waals surface area contributed by atoms with E-state index in [-0.39, 0.29) is 6.61 Å². The molecule has 0 aromatic carbocycles. The molecule has 5 atom stereocenters. The van der Waals surface area contributed by atoms with E-state index in [1.54, 1.807) is 39.5 Å². The molecule has 6 heteroatoms. The van der Waals surface area contributed by atoms with Crippen LogP contribution in [0.5, 0.6) is 0 Å². The Labute approximate surface area is 137 Å². The molecule has 0 radical (unpaired) electrons. The van der Waals surface area contributed by atoms with Gasteiger partial charge in [-0.3, -0.25) is 0 Å². The Balaban J connectivity index is 0.000000162. The predicted octanol–water partition coefficient (Wildman–Crippen LogP) is 1.31. The van der Waals surface area contributed by atoms with E-state index in [1.165, 1.54) is 19.3 Å². The van der Waals surface area contributed by atoms with Crippen LogP contribution in [0.1, 0.15) is 58.8 Å². The standard InChI is InChI=1S/C9H16O6.C8H14/c1-9(2)13-3-4(15-9)7-5(10)6(11)8(12)14-7;1-2-4-8(5-3-1)6-7-8/h4-8,10-12H,3H2,1-2H3;1-7H2/t4-,5-,6-,7-,8+;/m1./s1. The van der Waals surface area contributed by atoms with Crippen LogP contribution < -0.4 is 0 Å². The van der Waals surface area contributed by atoms with Crippen LogP contribution >= 0.6 is 0 Å². The van der Waals surface area contributed by atoms with Crippen molar-refractivity contribution in [2.75, 3.05) is 6.61 Å². The molecule has 4 fully saturated rings. The minimum Gasteiger partial charge on any atom is -0.387 e. The van der Waals surface area contributed by atoms with Gasteiger partial charge in [-0.1, -0.05) is 19.3 Å². The molecule has 0 amide bonds. The summed E-state index contributed by atoms with van der Waals surface area (Å²) in [6.07, 6.45) is 5.79. The third-order valence-electron chi connectivity index (χ3n) is 5.54. The molecule has 134 valence electrons. The lowest BCUT2D eigenvalue weighted by molar-refractivity contribution is -0.177. The summed E-state index contributed by atoms with van der Waals surface area (Å²) in [6.45, 7) is 3.77. The topological polar surface area (TPSA) is 88.4 Å². The van der Waals surface area contributed by atoms with E-state index in [0.29, 0.717) is 0 Å². The second kappa shape index (κ2) is 6.58. The van der Waals surface area contributed by atoms with Gasteiger partial charge in [-0.15, -0.1) is 0 Å². The summed E-state index contributed by atoms with van der Waals surface area (Å²) >= 11 is 0. The number of ether oxygens (including phenoxy) is 3. The van der Waals surface area contributed by atoms with Crippen LogP contribution in [-0.4, -0.2) is 58.4 Å². The quantitative estimate of drug-likeness (QED) is 0.672. The predicted molar refractivity (Wildman–Crippen MR) is 82.5 cm³/mol. The summed E-state index contributed by atoms with van der Waals surface area (Å²) < 4.78 is 15.8. The van der Waals surface area contributed by atoms with Crippen molar-refractivity contribution in [2.45, 2.75) is 95.3 Å². The lowest BCUT2D eigenvalue weighted by Gasteiger charge is -2.22. The zero-order valence-corrected chi connectivity index (χ0v) is 14.1. The molecule has 1 spiro atoms. The average Bonchev–Trinajstić information content (AvgIpc) is 3.08. The second-order valence-electron chi connectivity index (χ2n) is 7.90. The molecule has 2 heterocycles. The lowest BCUT2D eigenvalue weighted by Crippen LogP contribution is -2.40. The molecular weight excluding hydrogens is 300 g/mol. The van der Waals surface area contributed by atoms with Gasteiger partial charge in [0.15, 0.2) is 12.1 Å². The minimum atomic E-state index is -1.36. The molecular formula is C17H30O6. The van der Waals surface area contributed by atoms with E-state index in [9.17, 15) is 15.3 Å². The Morgan fingerprint density at radius 1 is 0.870 bits per heavy atom. The van der Waals surface area contributed by atoms with Gasteiger partial charge >= 0.3 is 0 Å². The van der Waals surface area contributed by atoms with Gasteiger partial charge in [-0.2, -0.15) is 0 Å². The molecule has 4 rings (SSSR count). The number of hydrogen-bond donors (Lipinski definition) is 3. The van der Waals surface area contributed by atoms with Crippen LogP contribution in [-0.2, 0) is 14.2 Å². The highest BCUT2D eigenvalue weighted by Gasteiger charge is 2.49. The van der Waals surface area contributed by atoms with E-state index in [0.717, 1.165) is 5.41 Å². The fourth-order valence-electron chi connectivity index (χ4n) is 3.85. The number of rotatable bonds is 1. The largest absolute Gasteiger partial charge is 0.387 e. The Morgan fingerprint density at radius 3 is 1.91 bits per heavy atom. The van der Waals surface area contributed by atoms with Gasteiger partial charge in [0.25, 0.3) is 0 Å². The number of aliphatic hydroxyl groups is 3. The van der Waals surface area contributed by atoms with Crippen molar-refractivity contribution < 1.29 is 29.5 Å². The molecule has 3 N–H and O–H groups in total. The van der Waals surface area contributed by atoms with Crippen molar-refractivity contribution in [1.29, 1.82) is 0 Å². The SMILES string of the molecule is C1CCC2(CC1)CC2.CC1(C)OC[C@H]([C@H]2O[C@H](O)[C@H](O)[C@H]2O)O1. The molecule has 2 aliphatic carbocycles. The molecule has 0 bridgehead atoms. The zero-order valence-electron chi connectivity index (χ0n) is 14.1. The summed E-state index contributed by atoms with van der Waals surface area (Å²) in [5.74, 6) is -0.716. The van der Waals surface area contributed by atoms with Crippen molar-refractivity contribution in [3.8, 4) is 0 Å². The van der Waals surface area contributed by atoms with Crippen molar-refractivity contribution in [2.24, 2.45) is 5.41 Å². The van der Waals surface area contributed by atoms with Crippen LogP contribution in [0, 0.1) is 5.41 Å². The fourth-order valence-corrected chi connectivity index (χ4v) is 3.85. The Kier molecular flexibility index (Phi) is 5.03. The van der Waals surface area contributed by atoms with Crippen LogP contribution in [0.3, 0.4) is 0 Å². The number of aliphatic hydroxyl groups excluding tert-OH is 3. The van der Waals surface area contributed by atoms with Crippen molar-refractivity contribution in [3.63, 3.8) is 0 Å². The minimum absolute atomic E-state index is 0.272. The molecule has 0 unspecified atom stereocenters. The van der Waals surface area contributed by atoms with E-state index in [2.05, 4.69) is 0 Å². The summed E-state index contributed by atoms with van der Waals surface area (Å²) in [6, 6.07) is 0. The van der Waals surface area contributed by atoms with Gasteiger partial charge in [0.1, 0.15) is 24.4 Å². The van der Waals surface area contributed by atoms with Gasteiger partial charge < -0.3 is 29.5 Å². The summed E-state index contributed by atoms with van der Waals surface area (Å²) in [5.41, 5.74) is 0.929. The maximum atomic E-state index is 9.59. The molecule has 2 saturated carbocycles. The summed E-state index contributed by atoms with van der Waals surface area (Å²) in [7, 11) is 0. The fraction of sp³-hybridized carbons (Fsp3) is 1.00. The first-order chi connectivity index (χ1) is 10.8. The molecule has 23 heavy (non-hydrogen) atoms. The maximum Gasteiger partial charge on any atom is 0.184 e. The van der Waals surface area contributed by atoms with Crippen molar-refractivity contribution >= 4 is 0 Å². The van der Waals surface area contributed by atoms with E-state index < -0.39 is 36.5 Å². The van der Waals surface area contributed by atoms with E-state index in [1.807, 2.05) is 0 Å². The van der Waals surface area contributed by atoms with Crippen LogP contribution in [0.25, 0.3) is 0 Å². The second-order valence-corrected chi connectivity index (χ2v) is 7.90. The normalized spacial score (nSPS) is 44.0. The van der Waals surface area contributed by atoms with E-state index in [4.69, 9.17) is 14.2 Å². The van der Waals surface area contributed by atoms with Crippen LogP contribution in [0.2, 0.25) is 0 Å². The summed E-state index contributed by atoms with van der Waals surface area (Å²) in [5, 5.41) is 28.1. The Morgan fingerprint density at radius 2 is 1.52 bits per heavy atom. The molecule has 0 aromatic rings. The van der Waals surface area contributed by atoms with Crippen molar-refractivity contribution in [3.05, 3.63) is 0 Å². The highest BCUT2D eigenvalue weighted by atomic mass is 16.8. The first-order valence-corrected chi connectivity index (χ1v) is 8.83. The Bertz CT molecular complexity index is 400. The van der Waals surface area contributed by atoms with Crippen molar-refractivity contribution in [1.82, 2.24) is 0 Å². The van der Waals surface area contributed by atoms with Gasteiger partial charge in [0.2, 0.25) is 0 Å². The molecule has 0 aromatic heterocycles. The average molecular weight is 330 g/mol. The van der Waals surface area contributed by atoms with Gasteiger partial charge in [-0.05, 0) is 44.9 Å². The smallest absolute Gasteiger partial charge is 0.184 e. The van der Waals surface area contributed by atoms with Gasteiger partial charge in [0.05, 0.1) is 6.61 Å². The third-order valence-corrected chi connectivity index (χ3v) is 5.54. The number of hydrogen-bond acceptors (Lipinski definition) is 6. The third kappa shape index (κ3) is 4.06. The van der Waals surface area contributed by atoms with Crippen LogP contribution in [0.4, 0.5) is 0 Å². The van der Waals surface area contributed by atoms with E-state index >= 15 is 0 Å². The summed E-state index contributed by atoms with van der Waals surface area (Å²) in [4.78, 5) is 0.